The highest BCUT2D eigenvalue weighted by Crippen LogP contribution is 2.14. The lowest BCUT2D eigenvalue weighted by molar-refractivity contribution is -0.132. The molecule has 0 aliphatic carbocycles. The number of carbonyl (C=O) groups excluding carboxylic acids is 3. The average molecular weight is 436 g/mol. The summed E-state index contributed by atoms with van der Waals surface area (Å²) in [6, 6.07) is 13.3. The number of hydrogen-bond acceptors (Lipinski definition) is 3. The minimum Gasteiger partial charge on any atom is -0.352 e. The van der Waals surface area contributed by atoms with Crippen molar-refractivity contribution in [1.82, 2.24) is 15.5 Å². The standard InChI is InChI=1S/C21H23F3N4O3/c1-28(19(30)17(27-20(25)31)11-14-5-3-2-4-6-14)12-15-7-9-16(10-8-15)18(29)26-13-21(22,23)24/h2-10,17H,11-13H2,1H3,(H,26,29)(H3,25,27,31). The Morgan fingerprint density at radius 2 is 1.61 bits per heavy atom. The van der Waals surface area contributed by atoms with Crippen LogP contribution in [0.25, 0.3) is 0 Å². The van der Waals surface area contributed by atoms with E-state index < -0.39 is 30.7 Å². The number of rotatable bonds is 8. The third kappa shape index (κ3) is 8.00. The van der Waals surface area contributed by atoms with Crippen molar-refractivity contribution >= 4 is 17.8 Å². The first-order valence-electron chi connectivity index (χ1n) is 9.34. The molecule has 2 rings (SSSR count). The van der Waals surface area contributed by atoms with Crippen molar-refractivity contribution in [3.63, 3.8) is 0 Å². The van der Waals surface area contributed by atoms with E-state index in [-0.39, 0.29) is 24.4 Å². The van der Waals surface area contributed by atoms with Gasteiger partial charge < -0.3 is 21.3 Å². The molecule has 4 amide bonds. The summed E-state index contributed by atoms with van der Waals surface area (Å²) < 4.78 is 36.6. The number of carbonyl (C=O) groups is 3. The van der Waals surface area contributed by atoms with E-state index in [1.165, 1.54) is 17.0 Å². The summed E-state index contributed by atoms with van der Waals surface area (Å²) in [6.07, 6.45) is -4.24. The molecule has 0 spiro atoms. The first-order valence-corrected chi connectivity index (χ1v) is 9.34. The third-order valence-electron chi connectivity index (χ3n) is 4.36. The van der Waals surface area contributed by atoms with Crippen LogP contribution >= 0.6 is 0 Å². The minimum atomic E-state index is -4.49. The molecule has 0 aliphatic heterocycles. The van der Waals surface area contributed by atoms with Gasteiger partial charge in [0.1, 0.15) is 12.6 Å². The van der Waals surface area contributed by atoms with Gasteiger partial charge in [-0.2, -0.15) is 13.2 Å². The van der Waals surface area contributed by atoms with Gasteiger partial charge in [0.25, 0.3) is 5.91 Å². The highest BCUT2D eigenvalue weighted by molar-refractivity contribution is 5.94. The normalized spacial score (nSPS) is 12.0. The largest absolute Gasteiger partial charge is 0.405 e. The van der Waals surface area contributed by atoms with Crippen LogP contribution in [0.3, 0.4) is 0 Å². The summed E-state index contributed by atoms with van der Waals surface area (Å²) in [5.74, 6) is -1.21. The quantitative estimate of drug-likeness (QED) is 0.591. The SMILES string of the molecule is CN(Cc1ccc(C(=O)NCC(F)(F)F)cc1)C(=O)C(Cc1ccccc1)NC(N)=O. The Hall–Kier alpha value is -3.56. The van der Waals surface area contributed by atoms with E-state index >= 15 is 0 Å². The Bertz CT molecular complexity index is 902. The molecule has 0 saturated carbocycles. The number of nitrogens with two attached hydrogens (primary N) is 1. The van der Waals surface area contributed by atoms with Gasteiger partial charge in [0, 0.05) is 25.6 Å². The molecule has 0 radical (unpaired) electrons. The number of hydrogen-bond donors (Lipinski definition) is 3. The second kappa shape index (κ2) is 10.5. The van der Waals surface area contributed by atoms with Gasteiger partial charge in [-0.1, -0.05) is 42.5 Å². The summed E-state index contributed by atoms with van der Waals surface area (Å²) in [5, 5.41) is 4.24. The summed E-state index contributed by atoms with van der Waals surface area (Å²) in [5.41, 5.74) is 6.77. The maximum atomic E-state index is 12.8. The van der Waals surface area contributed by atoms with Crippen LogP contribution < -0.4 is 16.4 Å². The fourth-order valence-electron chi connectivity index (χ4n) is 2.88. The van der Waals surface area contributed by atoms with Gasteiger partial charge in [0.05, 0.1) is 0 Å². The van der Waals surface area contributed by atoms with Gasteiger partial charge in [0.2, 0.25) is 5.91 Å². The lowest BCUT2D eigenvalue weighted by atomic mass is 10.0. The molecule has 0 aromatic heterocycles. The summed E-state index contributed by atoms with van der Waals surface area (Å²) >= 11 is 0. The Morgan fingerprint density at radius 1 is 1.00 bits per heavy atom. The van der Waals surface area contributed by atoms with Crippen LogP contribution in [-0.2, 0) is 17.8 Å². The first kappa shape index (κ1) is 23.7. The number of likely N-dealkylation sites (N-methyl/N-ethyl adjacent to an activating group) is 1. The van der Waals surface area contributed by atoms with Gasteiger partial charge in [-0.3, -0.25) is 9.59 Å². The zero-order valence-corrected chi connectivity index (χ0v) is 16.8. The Morgan fingerprint density at radius 3 is 2.16 bits per heavy atom. The predicted octanol–water partition coefficient (Wildman–Crippen LogP) is 2.22. The molecule has 0 saturated heterocycles. The molecule has 10 heteroatoms. The van der Waals surface area contributed by atoms with Crippen molar-refractivity contribution in [2.45, 2.75) is 25.2 Å². The fraction of sp³-hybridized carbons (Fsp3) is 0.286. The first-order chi connectivity index (χ1) is 14.5. The second-order valence-electron chi connectivity index (χ2n) is 6.94. The molecule has 2 aromatic rings. The zero-order valence-electron chi connectivity index (χ0n) is 16.8. The van der Waals surface area contributed by atoms with E-state index in [1.807, 2.05) is 30.3 Å². The molecule has 1 atom stereocenters. The van der Waals surface area contributed by atoms with E-state index in [1.54, 1.807) is 24.5 Å². The molecule has 31 heavy (non-hydrogen) atoms. The van der Waals surface area contributed by atoms with Crippen LogP contribution in [0.2, 0.25) is 0 Å². The van der Waals surface area contributed by atoms with Crippen molar-refractivity contribution in [3.8, 4) is 0 Å². The highest BCUT2D eigenvalue weighted by atomic mass is 19.4. The van der Waals surface area contributed by atoms with E-state index in [0.717, 1.165) is 5.56 Å². The lowest BCUT2D eigenvalue weighted by Gasteiger charge is -2.24. The fourth-order valence-corrected chi connectivity index (χ4v) is 2.88. The smallest absolute Gasteiger partial charge is 0.352 e. The molecular formula is C21H23F3N4O3. The Balaban J connectivity index is 2.01. The molecular weight excluding hydrogens is 413 g/mol. The van der Waals surface area contributed by atoms with Crippen LogP contribution in [0.5, 0.6) is 0 Å². The van der Waals surface area contributed by atoms with Gasteiger partial charge in [0.15, 0.2) is 0 Å². The third-order valence-corrected chi connectivity index (χ3v) is 4.36. The number of primary amides is 1. The molecule has 4 N–H and O–H groups in total. The van der Waals surface area contributed by atoms with Crippen molar-refractivity contribution in [2.24, 2.45) is 5.73 Å². The summed E-state index contributed by atoms with van der Waals surface area (Å²) in [4.78, 5) is 37.3. The van der Waals surface area contributed by atoms with Crippen LogP contribution in [0.15, 0.2) is 54.6 Å². The van der Waals surface area contributed by atoms with Crippen molar-refractivity contribution < 1.29 is 27.6 Å². The zero-order chi connectivity index (χ0) is 23.0. The molecule has 0 aliphatic rings. The number of alkyl halides is 3. The number of amides is 4. The van der Waals surface area contributed by atoms with E-state index in [0.29, 0.717) is 5.56 Å². The van der Waals surface area contributed by atoms with Crippen LogP contribution in [-0.4, -0.2) is 48.6 Å². The monoisotopic (exact) mass is 436 g/mol. The number of nitrogens with one attached hydrogen (secondary N) is 2. The van der Waals surface area contributed by atoms with Crippen LogP contribution in [0.1, 0.15) is 21.5 Å². The Kier molecular flexibility index (Phi) is 8.00. The number of halogens is 3. The molecule has 0 fully saturated rings. The maximum Gasteiger partial charge on any atom is 0.405 e. The average Bonchev–Trinajstić information content (AvgIpc) is 2.71. The number of urea groups is 1. The maximum absolute atomic E-state index is 12.8. The number of benzene rings is 2. The minimum absolute atomic E-state index is 0.0688. The summed E-state index contributed by atoms with van der Waals surface area (Å²) in [7, 11) is 1.55. The molecule has 0 bridgehead atoms. The van der Waals surface area contributed by atoms with Gasteiger partial charge in [-0.05, 0) is 23.3 Å². The van der Waals surface area contributed by atoms with Crippen LogP contribution in [0.4, 0.5) is 18.0 Å². The van der Waals surface area contributed by atoms with Crippen LogP contribution in [0, 0.1) is 0 Å². The molecule has 7 nitrogen and oxygen atoms in total. The van der Waals surface area contributed by atoms with Crippen molar-refractivity contribution in [2.75, 3.05) is 13.6 Å². The van der Waals surface area contributed by atoms with Crippen molar-refractivity contribution in [1.29, 1.82) is 0 Å². The van der Waals surface area contributed by atoms with Crippen molar-refractivity contribution in [3.05, 3.63) is 71.3 Å². The molecule has 166 valence electrons. The van der Waals surface area contributed by atoms with Gasteiger partial charge >= 0.3 is 12.2 Å². The Labute approximate surface area is 177 Å². The predicted molar refractivity (Wildman–Crippen MR) is 108 cm³/mol. The molecule has 1 unspecified atom stereocenters. The topological polar surface area (TPSA) is 105 Å². The summed E-state index contributed by atoms with van der Waals surface area (Å²) in [6.45, 7) is -1.25. The second-order valence-corrected chi connectivity index (χ2v) is 6.94. The number of nitrogens with zero attached hydrogens (tertiary/aromatic N) is 1. The highest BCUT2D eigenvalue weighted by Gasteiger charge is 2.28. The van der Waals surface area contributed by atoms with E-state index in [9.17, 15) is 27.6 Å². The molecule has 2 aromatic carbocycles. The van der Waals surface area contributed by atoms with E-state index in [4.69, 9.17) is 5.73 Å². The van der Waals surface area contributed by atoms with Gasteiger partial charge in [-0.15, -0.1) is 0 Å². The lowest BCUT2D eigenvalue weighted by Crippen LogP contribution is -2.50. The van der Waals surface area contributed by atoms with Gasteiger partial charge in [-0.25, -0.2) is 4.79 Å². The molecule has 0 heterocycles. The van der Waals surface area contributed by atoms with E-state index in [2.05, 4.69) is 5.32 Å².